The number of anilines is 1. The van der Waals surface area contributed by atoms with Crippen molar-refractivity contribution in [3.63, 3.8) is 0 Å². The van der Waals surface area contributed by atoms with Crippen molar-refractivity contribution in [3.05, 3.63) is 89.6 Å². The van der Waals surface area contributed by atoms with E-state index in [1.807, 2.05) is 55.5 Å². The highest BCUT2D eigenvalue weighted by atomic mass is 16.5. The van der Waals surface area contributed by atoms with Gasteiger partial charge in [0.05, 0.1) is 27.3 Å². The number of nitrogens with one attached hydrogen (secondary N) is 1. The van der Waals surface area contributed by atoms with Gasteiger partial charge >= 0.3 is 5.97 Å². The molecule has 0 atom stereocenters. The molecule has 4 rings (SSSR count). The molecule has 1 heterocycles. The second kappa shape index (κ2) is 11.5. The number of carboxylic acid groups (broad SMARTS) is 1. The first-order valence-corrected chi connectivity index (χ1v) is 12.0. The van der Waals surface area contributed by atoms with Gasteiger partial charge in [0.15, 0.2) is 0 Å². The summed E-state index contributed by atoms with van der Waals surface area (Å²) in [6, 6.07) is 21.8. The predicted octanol–water partition coefficient (Wildman–Crippen LogP) is 4.01. The molecule has 0 spiro atoms. The number of methoxy groups -OCH3 is 2. The van der Waals surface area contributed by atoms with Crippen LogP contribution in [0.3, 0.4) is 0 Å². The number of carbonyl (C=O) groups is 3. The number of hydrogen-bond donors (Lipinski definition) is 2. The van der Waals surface area contributed by atoms with Gasteiger partial charge < -0.3 is 24.5 Å². The van der Waals surface area contributed by atoms with E-state index in [4.69, 9.17) is 9.47 Å². The largest absolute Gasteiger partial charge is 0.494 e. The highest BCUT2D eigenvalue weighted by molar-refractivity contribution is 6.03. The smallest absolute Gasteiger partial charge is 0.323 e. The lowest BCUT2D eigenvalue weighted by atomic mass is 10.1. The first-order chi connectivity index (χ1) is 18.3. The third-order valence-electron chi connectivity index (χ3n) is 6.12. The lowest BCUT2D eigenvalue weighted by Gasteiger charge is -2.27. The zero-order chi connectivity index (χ0) is 27.2. The molecule has 38 heavy (non-hydrogen) atoms. The average Bonchev–Trinajstić information content (AvgIpc) is 3.28. The molecule has 0 aliphatic rings. The topological polar surface area (TPSA) is 110 Å². The summed E-state index contributed by atoms with van der Waals surface area (Å²) >= 11 is 0. The normalized spacial score (nSPS) is 10.7. The summed E-state index contributed by atoms with van der Waals surface area (Å²) in [4.78, 5) is 39.8. The predicted molar refractivity (Wildman–Crippen MR) is 144 cm³/mol. The number of benzene rings is 3. The number of hydrogen-bond acceptors (Lipinski definition) is 5. The van der Waals surface area contributed by atoms with Crippen LogP contribution in [0.5, 0.6) is 11.5 Å². The number of rotatable bonds is 10. The van der Waals surface area contributed by atoms with Crippen LogP contribution < -0.4 is 19.7 Å². The van der Waals surface area contributed by atoms with Crippen molar-refractivity contribution in [1.82, 2.24) is 9.88 Å². The van der Waals surface area contributed by atoms with Crippen molar-refractivity contribution in [1.29, 1.82) is 0 Å². The molecule has 9 heteroatoms. The van der Waals surface area contributed by atoms with Crippen molar-refractivity contribution in [2.75, 3.05) is 25.7 Å². The second-order valence-electron chi connectivity index (χ2n) is 8.73. The molecule has 0 radical (unpaired) electrons. The fraction of sp³-hybridized carbons (Fsp3) is 0.207. The van der Waals surface area contributed by atoms with Gasteiger partial charge in [-0.05, 0) is 42.3 Å². The van der Waals surface area contributed by atoms with Crippen molar-refractivity contribution in [2.24, 2.45) is 0 Å². The summed E-state index contributed by atoms with van der Waals surface area (Å²) in [5.74, 6) is -1.12. The van der Waals surface area contributed by atoms with Crippen LogP contribution in [0.4, 0.5) is 5.69 Å². The number of carbonyl (C=O) groups excluding carboxylic acids is 2. The van der Waals surface area contributed by atoms with E-state index >= 15 is 0 Å². The molecule has 4 aromatic rings. The van der Waals surface area contributed by atoms with E-state index in [-0.39, 0.29) is 25.3 Å². The van der Waals surface area contributed by atoms with Crippen LogP contribution in [-0.2, 0) is 22.7 Å². The van der Waals surface area contributed by atoms with Gasteiger partial charge in [-0.25, -0.2) is 0 Å². The van der Waals surface area contributed by atoms with E-state index in [0.717, 1.165) is 16.5 Å². The first kappa shape index (κ1) is 26.3. The van der Waals surface area contributed by atoms with Gasteiger partial charge in [0.2, 0.25) is 5.91 Å². The maximum absolute atomic E-state index is 13.6. The first-order valence-electron chi connectivity index (χ1n) is 12.0. The average molecular weight is 516 g/mol. The molecule has 0 saturated carbocycles. The minimum Gasteiger partial charge on any atom is -0.494 e. The number of nitrogens with zero attached hydrogens (tertiary/aromatic N) is 2. The molecule has 196 valence electrons. The number of aromatic nitrogens is 1. The van der Waals surface area contributed by atoms with E-state index in [1.54, 1.807) is 24.3 Å². The molecule has 0 saturated heterocycles. The van der Waals surface area contributed by atoms with Gasteiger partial charge in [0, 0.05) is 10.9 Å². The fourth-order valence-electron chi connectivity index (χ4n) is 4.39. The molecule has 0 bridgehead atoms. The molecular formula is C29H29N3O6. The summed E-state index contributed by atoms with van der Waals surface area (Å²) in [5, 5.41) is 12.8. The fourth-order valence-corrected chi connectivity index (χ4v) is 4.39. The van der Waals surface area contributed by atoms with Gasteiger partial charge in [-0.15, -0.1) is 0 Å². The van der Waals surface area contributed by atoms with E-state index in [2.05, 4.69) is 5.32 Å². The quantitative estimate of drug-likeness (QED) is 0.330. The molecule has 0 aliphatic heterocycles. The Bertz CT molecular complexity index is 1450. The Hall–Kier alpha value is -4.79. The lowest BCUT2D eigenvalue weighted by molar-refractivity contribution is -0.137. The molecule has 9 nitrogen and oxygen atoms in total. The highest BCUT2D eigenvalue weighted by Crippen LogP contribution is 2.40. The van der Waals surface area contributed by atoms with E-state index in [9.17, 15) is 19.5 Å². The van der Waals surface area contributed by atoms with E-state index < -0.39 is 17.8 Å². The third kappa shape index (κ3) is 5.62. The van der Waals surface area contributed by atoms with Gasteiger partial charge in [-0.2, -0.15) is 0 Å². The Balaban J connectivity index is 1.65. The Kier molecular flexibility index (Phi) is 7.96. The van der Waals surface area contributed by atoms with Crippen LogP contribution in [-0.4, -0.2) is 48.2 Å². The van der Waals surface area contributed by atoms with Crippen LogP contribution in [0.1, 0.15) is 21.6 Å². The number of aryl methyl sites for hydroxylation is 1. The Labute approximate surface area is 220 Å². The molecule has 0 aliphatic carbocycles. The Morgan fingerprint density at radius 3 is 2.18 bits per heavy atom. The van der Waals surface area contributed by atoms with Gasteiger partial charge in [0.1, 0.15) is 29.4 Å². The molecule has 2 N–H and O–H groups in total. The highest BCUT2D eigenvalue weighted by Gasteiger charge is 2.26. The van der Waals surface area contributed by atoms with E-state index in [1.165, 1.54) is 23.7 Å². The van der Waals surface area contributed by atoms with Crippen LogP contribution in [0.25, 0.3) is 10.9 Å². The zero-order valence-corrected chi connectivity index (χ0v) is 21.4. The minimum atomic E-state index is -1.08. The molecule has 0 unspecified atom stereocenters. The molecule has 2 amide bonds. The number of para-hydroxylation sites is 1. The minimum absolute atomic E-state index is 0.154. The summed E-state index contributed by atoms with van der Waals surface area (Å²) in [5.41, 5.74) is 2.99. The van der Waals surface area contributed by atoms with E-state index in [0.29, 0.717) is 22.7 Å². The van der Waals surface area contributed by atoms with Crippen LogP contribution >= 0.6 is 0 Å². The van der Waals surface area contributed by atoms with Crippen molar-refractivity contribution in [3.8, 4) is 11.5 Å². The second-order valence-corrected chi connectivity index (χ2v) is 8.73. The molecule has 0 fully saturated rings. The third-order valence-corrected chi connectivity index (χ3v) is 6.12. The zero-order valence-electron chi connectivity index (χ0n) is 21.4. The Morgan fingerprint density at radius 1 is 0.921 bits per heavy atom. The maximum Gasteiger partial charge on any atom is 0.323 e. The monoisotopic (exact) mass is 515 g/mol. The van der Waals surface area contributed by atoms with Crippen LogP contribution in [0.15, 0.2) is 72.8 Å². The van der Waals surface area contributed by atoms with Crippen LogP contribution in [0, 0.1) is 6.92 Å². The van der Waals surface area contributed by atoms with Gasteiger partial charge in [-0.3, -0.25) is 19.3 Å². The summed E-state index contributed by atoms with van der Waals surface area (Å²) in [6.45, 7) is 1.39. The number of fused-ring (bicyclic) bond motifs is 1. The number of amides is 2. The molecular weight excluding hydrogens is 486 g/mol. The maximum atomic E-state index is 13.6. The van der Waals surface area contributed by atoms with Crippen molar-refractivity contribution >= 4 is 34.4 Å². The number of aliphatic carboxylic acids is 1. The standard InChI is InChI=1S/C29H29N3O6/c1-19-13-24(37-2)28(25(14-19)38-3)32(17-20-9-5-4-6-10-20)26(33)16-30-29(36)23-15-21-11-7-8-12-22(21)31(23)18-27(34)35/h4-15H,16-18H2,1-3H3,(H,30,36)(H,34,35). The van der Waals surface area contributed by atoms with Crippen molar-refractivity contribution in [2.45, 2.75) is 20.0 Å². The van der Waals surface area contributed by atoms with Crippen LogP contribution in [0.2, 0.25) is 0 Å². The Morgan fingerprint density at radius 2 is 1.55 bits per heavy atom. The number of ether oxygens (including phenoxy) is 2. The summed E-state index contributed by atoms with van der Waals surface area (Å²) < 4.78 is 12.6. The summed E-state index contributed by atoms with van der Waals surface area (Å²) in [7, 11) is 3.04. The van der Waals surface area contributed by atoms with Gasteiger partial charge in [0.25, 0.3) is 5.91 Å². The SMILES string of the molecule is COc1cc(C)cc(OC)c1N(Cc1ccccc1)C(=O)CNC(=O)c1cc2ccccc2n1CC(=O)O. The molecule has 3 aromatic carbocycles. The van der Waals surface area contributed by atoms with Gasteiger partial charge in [-0.1, -0.05) is 48.5 Å². The molecule has 1 aromatic heterocycles. The van der Waals surface area contributed by atoms with Crippen molar-refractivity contribution < 1.29 is 29.0 Å². The lowest BCUT2D eigenvalue weighted by Crippen LogP contribution is -2.41. The summed E-state index contributed by atoms with van der Waals surface area (Å²) in [6.07, 6.45) is 0. The number of carboxylic acids is 1.